The number of nitrogens with zero attached hydrogens (tertiary/aromatic N) is 2. The Morgan fingerprint density at radius 1 is 1.11 bits per heavy atom. The fraction of sp³-hybridized carbons (Fsp3) is 0.433. The van der Waals surface area contributed by atoms with Crippen LogP contribution in [0.4, 0.5) is 5.69 Å². The van der Waals surface area contributed by atoms with Gasteiger partial charge < -0.3 is 29.2 Å². The molecule has 3 heterocycles. The van der Waals surface area contributed by atoms with E-state index in [2.05, 4.69) is 45.5 Å². The van der Waals surface area contributed by atoms with Crippen LogP contribution in [-0.2, 0) is 16.1 Å². The van der Waals surface area contributed by atoms with Crippen LogP contribution < -0.4 is 19.7 Å². The van der Waals surface area contributed by atoms with E-state index in [1.54, 1.807) is 7.11 Å². The molecule has 3 aromatic rings. The van der Waals surface area contributed by atoms with Crippen LogP contribution in [0.5, 0.6) is 17.4 Å². The Kier molecular flexibility index (Phi) is 8.56. The number of piperidine rings is 1. The summed E-state index contributed by atoms with van der Waals surface area (Å²) >= 11 is 0. The molecule has 2 aliphatic heterocycles. The van der Waals surface area contributed by atoms with Gasteiger partial charge in [-0.15, -0.1) is 0 Å². The van der Waals surface area contributed by atoms with Gasteiger partial charge in [-0.05, 0) is 67.8 Å². The fourth-order valence-corrected chi connectivity index (χ4v) is 5.11. The van der Waals surface area contributed by atoms with E-state index < -0.39 is 0 Å². The van der Waals surface area contributed by atoms with Gasteiger partial charge in [-0.1, -0.05) is 24.3 Å². The summed E-state index contributed by atoms with van der Waals surface area (Å²) in [6, 6.07) is 20.6. The van der Waals surface area contributed by atoms with Crippen molar-refractivity contribution in [3.05, 3.63) is 77.5 Å². The zero-order valence-corrected chi connectivity index (χ0v) is 21.8. The Morgan fingerprint density at radius 3 is 2.84 bits per heavy atom. The van der Waals surface area contributed by atoms with Crippen LogP contribution >= 0.6 is 0 Å². The van der Waals surface area contributed by atoms with Crippen molar-refractivity contribution in [2.75, 3.05) is 51.4 Å². The second-order valence-electron chi connectivity index (χ2n) is 9.72. The number of benzene rings is 2. The molecule has 1 unspecified atom stereocenters. The summed E-state index contributed by atoms with van der Waals surface area (Å²) in [4.78, 5) is 6.82. The van der Waals surface area contributed by atoms with E-state index in [1.807, 2.05) is 37.3 Å². The number of aryl methyl sites for hydroxylation is 1. The van der Waals surface area contributed by atoms with Crippen molar-refractivity contribution in [1.29, 1.82) is 0 Å². The van der Waals surface area contributed by atoms with Crippen molar-refractivity contribution in [3.8, 4) is 17.4 Å². The number of ether oxygens (including phenoxy) is 4. The van der Waals surface area contributed by atoms with Gasteiger partial charge in [0.2, 0.25) is 5.88 Å². The van der Waals surface area contributed by atoms with Gasteiger partial charge in [-0.25, -0.2) is 4.98 Å². The summed E-state index contributed by atoms with van der Waals surface area (Å²) in [5.41, 5.74) is 4.54. The lowest BCUT2D eigenvalue weighted by atomic mass is 9.87. The third-order valence-corrected chi connectivity index (χ3v) is 7.04. The van der Waals surface area contributed by atoms with Gasteiger partial charge in [0.05, 0.1) is 24.9 Å². The molecule has 37 heavy (non-hydrogen) atoms. The van der Waals surface area contributed by atoms with Crippen molar-refractivity contribution < 1.29 is 18.9 Å². The van der Waals surface area contributed by atoms with Crippen molar-refractivity contribution in [3.63, 3.8) is 0 Å². The molecule has 2 atom stereocenters. The van der Waals surface area contributed by atoms with Crippen LogP contribution in [0.25, 0.3) is 0 Å². The van der Waals surface area contributed by atoms with Gasteiger partial charge in [-0.3, -0.25) is 0 Å². The Bertz CT molecular complexity index is 1150. The number of aromatic nitrogens is 1. The molecule has 0 saturated carbocycles. The van der Waals surface area contributed by atoms with Crippen molar-refractivity contribution in [1.82, 2.24) is 10.3 Å². The minimum Gasteiger partial charge on any atom is -0.490 e. The molecule has 196 valence electrons. The highest BCUT2D eigenvalue weighted by Gasteiger charge is 2.27. The smallest absolute Gasteiger partial charge is 0.219 e. The van der Waals surface area contributed by atoms with E-state index in [1.165, 1.54) is 11.1 Å². The van der Waals surface area contributed by atoms with Crippen LogP contribution in [-0.4, -0.2) is 57.6 Å². The predicted octanol–water partition coefficient (Wildman–Crippen LogP) is 5.08. The molecular formula is C30H37N3O4. The van der Waals surface area contributed by atoms with E-state index in [-0.39, 0.29) is 6.10 Å². The second-order valence-corrected chi connectivity index (χ2v) is 9.72. The van der Waals surface area contributed by atoms with Gasteiger partial charge >= 0.3 is 0 Å². The summed E-state index contributed by atoms with van der Waals surface area (Å²) in [7, 11) is 1.75. The van der Waals surface area contributed by atoms with Gasteiger partial charge in [-0.2, -0.15) is 0 Å². The molecule has 0 bridgehead atoms. The highest BCUT2D eigenvalue weighted by molar-refractivity contribution is 5.61. The maximum Gasteiger partial charge on any atom is 0.219 e. The zero-order valence-electron chi connectivity index (χ0n) is 21.8. The van der Waals surface area contributed by atoms with Crippen LogP contribution in [0.2, 0.25) is 0 Å². The fourth-order valence-electron chi connectivity index (χ4n) is 5.11. The standard InChI is InChI=1S/C30H37N3O4/c1-22-5-3-6-30(32-22)37-25-10-8-24(9-11-25)26-13-14-31-20-29(26)36-21-23-7-12-28-27(19-23)33(16-18-35-28)15-4-17-34-2/h3,5-12,19,26,29,31H,4,13-18,20-21H2,1-2H3/t26-,29?/m1/s1. The molecule has 0 aliphatic carbocycles. The average molecular weight is 504 g/mol. The molecule has 1 fully saturated rings. The lowest BCUT2D eigenvalue weighted by Crippen LogP contribution is -2.41. The van der Waals surface area contributed by atoms with Gasteiger partial charge in [0, 0.05) is 44.5 Å². The molecule has 0 amide bonds. The Hall–Kier alpha value is -3.13. The molecule has 1 saturated heterocycles. The number of pyridine rings is 1. The molecular weight excluding hydrogens is 466 g/mol. The van der Waals surface area contributed by atoms with Crippen LogP contribution in [0.15, 0.2) is 60.7 Å². The van der Waals surface area contributed by atoms with Crippen molar-refractivity contribution in [2.24, 2.45) is 0 Å². The van der Waals surface area contributed by atoms with E-state index in [9.17, 15) is 0 Å². The van der Waals surface area contributed by atoms with Crippen LogP contribution in [0.3, 0.4) is 0 Å². The SMILES string of the molecule is COCCCN1CCOc2ccc(COC3CNCC[C@@H]3c3ccc(Oc4cccc(C)n4)cc3)cc21. The minimum absolute atomic E-state index is 0.101. The van der Waals surface area contributed by atoms with Crippen molar-refractivity contribution >= 4 is 5.69 Å². The van der Waals surface area contributed by atoms with Gasteiger partial charge in [0.1, 0.15) is 18.1 Å². The van der Waals surface area contributed by atoms with E-state index in [0.717, 1.165) is 75.1 Å². The molecule has 7 nitrogen and oxygen atoms in total. The molecule has 2 aromatic carbocycles. The maximum atomic E-state index is 6.52. The van der Waals surface area contributed by atoms with E-state index >= 15 is 0 Å². The molecule has 1 N–H and O–H groups in total. The monoisotopic (exact) mass is 503 g/mol. The minimum atomic E-state index is 0.101. The number of rotatable bonds is 10. The molecule has 5 rings (SSSR count). The lowest BCUT2D eigenvalue weighted by Gasteiger charge is -2.33. The molecule has 7 heteroatoms. The number of fused-ring (bicyclic) bond motifs is 1. The molecule has 2 aliphatic rings. The normalized spacial score (nSPS) is 19.2. The third kappa shape index (κ3) is 6.60. The quantitative estimate of drug-likeness (QED) is 0.387. The molecule has 0 radical (unpaired) electrons. The molecule has 0 spiro atoms. The number of hydrogen-bond donors (Lipinski definition) is 1. The number of nitrogens with one attached hydrogen (secondary N) is 1. The second kappa shape index (κ2) is 12.4. The maximum absolute atomic E-state index is 6.52. The highest BCUT2D eigenvalue weighted by Crippen LogP contribution is 2.34. The van der Waals surface area contributed by atoms with Gasteiger partial charge in [0.25, 0.3) is 0 Å². The predicted molar refractivity (Wildman–Crippen MR) is 145 cm³/mol. The topological polar surface area (TPSA) is 65.1 Å². The first-order valence-electron chi connectivity index (χ1n) is 13.2. The zero-order chi connectivity index (χ0) is 25.5. The summed E-state index contributed by atoms with van der Waals surface area (Å²) in [6.07, 6.45) is 2.14. The Balaban J connectivity index is 1.22. The first-order valence-corrected chi connectivity index (χ1v) is 13.2. The van der Waals surface area contributed by atoms with Crippen LogP contribution in [0.1, 0.15) is 35.6 Å². The first-order chi connectivity index (χ1) is 18.2. The third-order valence-electron chi connectivity index (χ3n) is 7.04. The first kappa shape index (κ1) is 25.5. The van der Waals surface area contributed by atoms with E-state index in [0.29, 0.717) is 18.4 Å². The van der Waals surface area contributed by atoms with Gasteiger partial charge in [0.15, 0.2) is 0 Å². The lowest BCUT2D eigenvalue weighted by molar-refractivity contribution is 0.0106. The number of methoxy groups -OCH3 is 1. The summed E-state index contributed by atoms with van der Waals surface area (Å²) in [6.45, 7) is 7.71. The Morgan fingerprint density at radius 2 is 2.00 bits per heavy atom. The Labute approximate surface area is 219 Å². The number of hydrogen-bond acceptors (Lipinski definition) is 7. The largest absolute Gasteiger partial charge is 0.490 e. The van der Waals surface area contributed by atoms with Crippen molar-refractivity contribution in [2.45, 2.75) is 38.4 Å². The summed E-state index contributed by atoms with van der Waals surface area (Å²) in [5, 5.41) is 3.51. The summed E-state index contributed by atoms with van der Waals surface area (Å²) in [5.74, 6) is 2.69. The highest BCUT2D eigenvalue weighted by atomic mass is 16.5. The van der Waals surface area contributed by atoms with E-state index in [4.69, 9.17) is 18.9 Å². The van der Waals surface area contributed by atoms with Crippen LogP contribution in [0, 0.1) is 6.92 Å². The summed E-state index contributed by atoms with van der Waals surface area (Å²) < 4.78 is 23.6. The average Bonchev–Trinajstić information content (AvgIpc) is 2.93. The number of anilines is 1. The molecule has 1 aromatic heterocycles.